The fourth-order valence-electron chi connectivity index (χ4n) is 4.81. The number of aliphatic hydroxyl groups is 2. The third kappa shape index (κ3) is 12.6. The van der Waals surface area contributed by atoms with Crippen LogP contribution in [0.4, 0.5) is 4.79 Å². The smallest absolute Gasteiger partial charge is 0.407 e. The highest BCUT2D eigenvalue weighted by atomic mass is 16.6. The van der Waals surface area contributed by atoms with Crippen LogP contribution in [0.15, 0.2) is 48.5 Å². The molecule has 1 aliphatic rings. The lowest BCUT2D eigenvalue weighted by Gasteiger charge is -2.24. The molecule has 5 atom stereocenters. The number of ether oxygens (including phenoxy) is 4. The van der Waals surface area contributed by atoms with Gasteiger partial charge in [0, 0.05) is 5.92 Å². The van der Waals surface area contributed by atoms with Gasteiger partial charge in [0.1, 0.15) is 37.8 Å². The summed E-state index contributed by atoms with van der Waals surface area (Å²) in [6.45, 7) is 1.88. The summed E-state index contributed by atoms with van der Waals surface area (Å²) in [5.41, 5.74) is 9.34. The molecule has 0 radical (unpaired) electrons. The number of benzene rings is 2. The molecule has 3 rings (SSSR count). The summed E-state index contributed by atoms with van der Waals surface area (Å²) >= 11 is 0. The predicted octanol–water partition coefficient (Wildman–Crippen LogP) is -1.40. The second kappa shape index (κ2) is 20.9. The van der Waals surface area contributed by atoms with Crippen molar-refractivity contribution in [2.45, 2.75) is 56.5 Å². The van der Waals surface area contributed by atoms with Gasteiger partial charge in [-0.1, -0.05) is 48.5 Å². The van der Waals surface area contributed by atoms with Gasteiger partial charge in [0.15, 0.2) is 0 Å². The number of esters is 3. The molecular weight excluding hydrogens is 686 g/mol. The van der Waals surface area contributed by atoms with Crippen LogP contribution >= 0.6 is 0 Å². The highest BCUT2D eigenvalue weighted by molar-refractivity contribution is 5.94. The Labute approximate surface area is 299 Å². The number of rotatable bonds is 15. The van der Waals surface area contributed by atoms with E-state index in [0.717, 1.165) is 36.5 Å². The zero-order chi connectivity index (χ0) is 39.0. The standard InChI is InChI=1S/C27H31N3O9.C7H14N2O4/c1-15(31)24(26(35)28-13-23(33)38-3)30-25(34)21(12-22(32)37-2)29-27(36)39-14-20-18-10-6-4-8-16(18)17-9-5-7-11-19(17)20;1-4(10)6(8)7(12)9-3-5(11)13-2/h4-11,15,20-21,24,31H,12-14H2,1-3H3,(H,28,35)(H,29,36)(H,30,34);4,6,10H,3,8H2,1-2H3,(H,9,12). The lowest BCUT2D eigenvalue weighted by molar-refractivity contribution is -0.144. The van der Waals surface area contributed by atoms with Crippen LogP contribution in [0, 0.1) is 0 Å². The average Bonchev–Trinajstić information content (AvgIpc) is 3.46. The van der Waals surface area contributed by atoms with Gasteiger partial charge >= 0.3 is 24.0 Å². The summed E-state index contributed by atoms with van der Waals surface area (Å²) in [5, 5.41) is 28.0. The first-order valence-electron chi connectivity index (χ1n) is 15.9. The molecule has 52 heavy (non-hydrogen) atoms. The van der Waals surface area contributed by atoms with Crippen molar-refractivity contribution < 1.29 is 62.7 Å². The van der Waals surface area contributed by atoms with Crippen LogP contribution in [0.25, 0.3) is 11.1 Å². The molecule has 0 aromatic heterocycles. The van der Waals surface area contributed by atoms with E-state index in [2.05, 4.69) is 35.5 Å². The topological polar surface area (TPSA) is 271 Å². The van der Waals surface area contributed by atoms with Crippen molar-refractivity contribution in [2.75, 3.05) is 41.0 Å². The zero-order valence-electron chi connectivity index (χ0n) is 29.4. The van der Waals surface area contributed by atoms with Gasteiger partial charge in [-0.25, -0.2) is 4.79 Å². The minimum absolute atomic E-state index is 0.0291. The van der Waals surface area contributed by atoms with Crippen molar-refractivity contribution in [2.24, 2.45) is 5.73 Å². The molecule has 8 N–H and O–H groups in total. The highest BCUT2D eigenvalue weighted by Crippen LogP contribution is 2.44. The largest absolute Gasteiger partial charge is 0.469 e. The number of carbonyl (C=O) groups excluding carboxylic acids is 7. The number of fused-ring (bicyclic) bond motifs is 3. The Kier molecular flexibility index (Phi) is 17.1. The van der Waals surface area contributed by atoms with Crippen LogP contribution in [0.1, 0.15) is 37.3 Å². The third-order valence-electron chi connectivity index (χ3n) is 7.71. The van der Waals surface area contributed by atoms with Crippen LogP contribution in [0.2, 0.25) is 0 Å². The van der Waals surface area contributed by atoms with Crippen LogP contribution in [0.5, 0.6) is 0 Å². The summed E-state index contributed by atoms with van der Waals surface area (Å²) in [6.07, 6.45) is -3.86. The van der Waals surface area contributed by atoms with Crippen LogP contribution < -0.4 is 27.0 Å². The van der Waals surface area contributed by atoms with Gasteiger partial charge in [-0.15, -0.1) is 0 Å². The molecule has 5 unspecified atom stereocenters. The number of methoxy groups -OCH3 is 3. The monoisotopic (exact) mass is 731 g/mol. The Morgan fingerprint density at radius 2 is 1.17 bits per heavy atom. The second-order valence-electron chi connectivity index (χ2n) is 11.4. The van der Waals surface area contributed by atoms with E-state index in [1.54, 1.807) is 0 Å². The van der Waals surface area contributed by atoms with E-state index in [1.807, 2.05) is 48.5 Å². The summed E-state index contributed by atoms with van der Waals surface area (Å²) in [7, 11) is 3.46. The number of aliphatic hydroxyl groups excluding tert-OH is 2. The molecular formula is C34H45N5O13. The maximum absolute atomic E-state index is 13.0. The number of hydrogen-bond acceptors (Lipinski definition) is 14. The molecule has 284 valence electrons. The van der Waals surface area contributed by atoms with Crippen molar-refractivity contribution in [3.8, 4) is 11.1 Å². The van der Waals surface area contributed by atoms with Crippen LogP contribution in [0.3, 0.4) is 0 Å². The average molecular weight is 732 g/mol. The van der Waals surface area contributed by atoms with Crippen LogP contribution in [-0.2, 0) is 47.7 Å². The SMILES string of the molecule is COC(=O)CNC(=O)C(N)C(C)O.COC(=O)CNC(=O)C(NC(=O)C(CC(=O)OC)NC(=O)OCC1c2ccccc2-c2ccccc21)C(C)O. The summed E-state index contributed by atoms with van der Waals surface area (Å²) in [4.78, 5) is 82.9. The van der Waals surface area contributed by atoms with Gasteiger partial charge in [0.25, 0.3) is 0 Å². The molecule has 18 heteroatoms. The van der Waals surface area contributed by atoms with E-state index in [-0.39, 0.29) is 19.1 Å². The fourth-order valence-corrected chi connectivity index (χ4v) is 4.81. The molecule has 0 bridgehead atoms. The van der Waals surface area contributed by atoms with Crippen LogP contribution in [-0.4, -0.2) is 123 Å². The normalized spacial score (nSPS) is 14.2. The third-order valence-corrected chi connectivity index (χ3v) is 7.71. The Morgan fingerprint density at radius 1 is 0.692 bits per heavy atom. The molecule has 0 fully saturated rings. The number of nitrogens with two attached hydrogens (primary N) is 1. The summed E-state index contributed by atoms with van der Waals surface area (Å²) < 4.78 is 18.8. The van der Waals surface area contributed by atoms with Crippen molar-refractivity contribution in [1.29, 1.82) is 0 Å². The second-order valence-corrected chi connectivity index (χ2v) is 11.4. The molecule has 2 aromatic rings. The van der Waals surface area contributed by atoms with Gasteiger partial charge in [-0.05, 0) is 36.1 Å². The van der Waals surface area contributed by atoms with Gasteiger partial charge < -0.3 is 56.2 Å². The highest BCUT2D eigenvalue weighted by Gasteiger charge is 2.33. The molecule has 1 aliphatic carbocycles. The lowest BCUT2D eigenvalue weighted by atomic mass is 9.98. The van der Waals surface area contributed by atoms with Crippen molar-refractivity contribution >= 4 is 41.7 Å². The first-order valence-corrected chi connectivity index (χ1v) is 15.9. The van der Waals surface area contributed by atoms with E-state index >= 15 is 0 Å². The predicted molar refractivity (Wildman–Crippen MR) is 182 cm³/mol. The number of hydrogen-bond donors (Lipinski definition) is 7. The Morgan fingerprint density at radius 3 is 1.63 bits per heavy atom. The number of nitrogens with one attached hydrogen (secondary N) is 4. The Bertz CT molecular complexity index is 1540. The lowest BCUT2D eigenvalue weighted by Crippen LogP contribution is -2.58. The quantitative estimate of drug-likeness (QED) is 0.0820. The first kappa shape index (κ1) is 42.6. The van der Waals surface area contributed by atoms with E-state index in [9.17, 15) is 38.7 Å². The maximum Gasteiger partial charge on any atom is 0.407 e. The van der Waals surface area contributed by atoms with E-state index < -0.39 is 85.0 Å². The Hall–Kier alpha value is -5.59. The molecule has 4 amide bonds. The minimum Gasteiger partial charge on any atom is -0.469 e. The Balaban J connectivity index is 0.000000612. The molecule has 0 heterocycles. The van der Waals surface area contributed by atoms with E-state index in [4.69, 9.17) is 15.6 Å². The maximum atomic E-state index is 13.0. The molecule has 18 nitrogen and oxygen atoms in total. The number of alkyl carbamates (subject to hydrolysis) is 1. The van der Waals surface area contributed by atoms with E-state index in [1.165, 1.54) is 21.0 Å². The number of carbonyl (C=O) groups is 7. The van der Waals surface area contributed by atoms with Gasteiger partial charge in [0.2, 0.25) is 17.7 Å². The molecule has 0 aliphatic heterocycles. The van der Waals surface area contributed by atoms with E-state index in [0.29, 0.717) is 0 Å². The number of amides is 4. The van der Waals surface area contributed by atoms with Crippen molar-refractivity contribution in [3.05, 3.63) is 59.7 Å². The minimum atomic E-state index is -1.49. The molecule has 0 saturated carbocycles. The fraction of sp³-hybridized carbons (Fsp3) is 0.441. The molecule has 2 aromatic carbocycles. The molecule has 0 spiro atoms. The molecule has 0 saturated heterocycles. The van der Waals surface area contributed by atoms with Crippen molar-refractivity contribution in [1.82, 2.24) is 21.3 Å². The summed E-state index contributed by atoms with van der Waals surface area (Å²) in [5.74, 6) is -4.74. The van der Waals surface area contributed by atoms with Crippen molar-refractivity contribution in [3.63, 3.8) is 0 Å². The first-order chi connectivity index (χ1) is 24.6. The summed E-state index contributed by atoms with van der Waals surface area (Å²) in [6, 6.07) is 11.5. The van der Waals surface area contributed by atoms with Gasteiger partial charge in [-0.2, -0.15) is 0 Å². The zero-order valence-corrected chi connectivity index (χ0v) is 29.4. The van der Waals surface area contributed by atoms with Gasteiger partial charge in [0.05, 0.1) is 40.0 Å². The van der Waals surface area contributed by atoms with Gasteiger partial charge in [-0.3, -0.25) is 28.8 Å².